The lowest BCUT2D eigenvalue weighted by atomic mass is 10.2. The molecule has 21 heavy (non-hydrogen) atoms. The maximum atomic E-state index is 5.39. The fourth-order valence-corrected chi connectivity index (χ4v) is 3.84. The Morgan fingerprint density at radius 2 is 1.90 bits per heavy atom. The Bertz CT molecular complexity index is 564. The summed E-state index contributed by atoms with van der Waals surface area (Å²) in [5.41, 5.74) is 2.62. The minimum Gasteiger partial charge on any atom is -0.378 e. The molecule has 112 valence electrons. The number of ether oxygens (including phenoxy) is 1. The van der Waals surface area contributed by atoms with Crippen LogP contribution in [-0.4, -0.2) is 26.3 Å². The van der Waals surface area contributed by atoms with Gasteiger partial charge in [0.2, 0.25) is 0 Å². The van der Waals surface area contributed by atoms with Gasteiger partial charge in [0.1, 0.15) is 0 Å². The third kappa shape index (κ3) is 4.30. The van der Waals surface area contributed by atoms with Crippen LogP contribution < -0.4 is 10.2 Å². The topological polar surface area (TPSA) is 24.5 Å². The third-order valence-corrected chi connectivity index (χ3v) is 5.26. The molecule has 0 aliphatic carbocycles. The van der Waals surface area contributed by atoms with Gasteiger partial charge in [0, 0.05) is 46.6 Å². The molecule has 0 saturated carbocycles. The standard InChI is InChI=1S/C16H19BrN2OS/c17-14-9-16(21-12-14)11-18-10-13-1-3-15(4-2-13)19-5-7-20-8-6-19/h1-4,9,12,18H,5-8,10-11H2. The minimum absolute atomic E-state index is 0.833. The summed E-state index contributed by atoms with van der Waals surface area (Å²) in [6.07, 6.45) is 0. The second-order valence-electron chi connectivity index (χ2n) is 5.10. The van der Waals surface area contributed by atoms with Crippen molar-refractivity contribution < 1.29 is 4.74 Å². The Morgan fingerprint density at radius 3 is 2.57 bits per heavy atom. The Balaban J connectivity index is 1.49. The maximum absolute atomic E-state index is 5.39. The van der Waals surface area contributed by atoms with Gasteiger partial charge in [0.25, 0.3) is 0 Å². The summed E-state index contributed by atoms with van der Waals surface area (Å²) in [5.74, 6) is 0. The Morgan fingerprint density at radius 1 is 1.14 bits per heavy atom. The summed E-state index contributed by atoms with van der Waals surface area (Å²) in [6, 6.07) is 11.0. The predicted octanol–water partition coefficient (Wildman–Crippen LogP) is 3.64. The van der Waals surface area contributed by atoms with E-state index >= 15 is 0 Å². The van der Waals surface area contributed by atoms with Crippen LogP contribution in [-0.2, 0) is 17.8 Å². The zero-order valence-corrected chi connectivity index (χ0v) is 14.3. The Labute approximate surface area is 138 Å². The van der Waals surface area contributed by atoms with Crippen molar-refractivity contribution in [2.75, 3.05) is 31.2 Å². The molecule has 0 spiro atoms. The maximum Gasteiger partial charge on any atom is 0.0642 e. The first-order valence-corrected chi connectivity index (χ1v) is 8.84. The van der Waals surface area contributed by atoms with Crippen molar-refractivity contribution >= 4 is 33.0 Å². The molecular formula is C16H19BrN2OS. The van der Waals surface area contributed by atoms with Gasteiger partial charge >= 0.3 is 0 Å². The third-order valence-electron chi connectivity index (χ3n) is 3.56. The van der Waals surface area contributed by atoms with Crippen molar-refractivity contribution in [3.05, 3.63) is 50.6 Å². The highest BCUT2D eigenvalue weighted by molar-refractivity contribution is 9.10. The monoisotopic (exact) mass is 366 g/mol. The molecule has 2 aromatic rings. The molecule has 0 radical (unpaired) electrons. The second-order valence-corrected chi connectivity index (χ2v) is 7.01. The summed E-state index contributed by atoms with van der Waals surface area (Å²) in [5, 5.41) is 5.61. The number of anilines is 1. The molecule has 1 N–H and O–H groups in total. The number of halogens is 1. The summed E-state index contributed by atoms with van der Waals surface area (Å²) in [6.45, 7) is 5.47. The number of morpholine rings is 1. The first-order valence-electron chi connectivity index (χ1n) is 7.16. The molecule has 2 heterocycles. The van der Waals surface area contributed by atoms with E-state index in [1.54, 1.807) is 11.3 Å². The van der Waals surface area contributed by atoms with Crippen LogP contribution in [0.5, 0.6) is 0 Å². The van der Waals surface area contributed by atoms with Gasteiger partial charge in [-0.05, 0) is 39.7 Å². The van der Waals surface area contributed by atoms with E-state index in [2.05, 4.69) is 61.9 Å². The largest absolute Gasteiger partial charge is 0.378 e. The smallest absolute Gasteiger partial charge is 0.0642 e. The van der Waals surface area contributed by atoms with E-state index in [9.17, 15) is 0 Å². The molecule has 0 atom stereocenters. The molecule has 0 unspecified atom stereocenters. The van der Waals surface area contributed by atoms with Crippen molar-refractivity contribution in [1.82, 2.24) is 5.32 Å². The lowest BCUT2D eigenvalue weighted by molar-refractivity contribution is 0.122. The molecule has 3 rings (SSSR count). The van der Waals surface area contributed by atoms with E-state index in [4.69, 9.17) is 4.74 Å². The highest BCUT2D eigenvalue weighted by Crippen LogP contribution is 2.20. The number of nitrogens with zero attached hydrogens (tertiary/aromatic N) is 1. The van der Waals surface area contributed by atoms with E-state index in [-0.39, 0.29) is 0 Å². The first kappa shape index (κ1) is 15.0. The zero-order chi connectivity index (χ0) is 14.5. The van der Waals surface area contributed by atoms with Gasteiger partial charge in [-0.2, -0.15) is 0 Å². The van der Waals surface area contributed by atoms with Crippen LogP contribution in [0.25, 0.3) is 0 Å². The van der Waals surface area contributed by atoms with E-state index in [0.717, 1.165) is 39.4 Å². The van der Waals surface area contributed by atoms with E-state index < -0.39 is 0 Å². The predicted molar refractivity (Wildman–Crippen MR) is 92.0 cm³/mol. The molecule has 0 bridgehead atoms. The molecule has 1 aromatic carbocycles. The quantitative estimate of drug-likeness (QED) is 0.873. The Kier molecular flexibility index (Phi) is 5.30. The average Bonchev–Trinajstić information content (AvgIpc) is 2.94. The molecule has 1 aromatic heterocycles. The van der Waals surface area contributed by atoms with Crippen LogP contribution in [0.2, 0.25) is 0 Å². The van der Waals surface area contributed by atoms with Crippen LogP contribution >= 0.6 is 27.3 Å². The first-order chi connectivity index (χ1) is 10.3. The van der Waals surface area contributed by atoms with Gasteiger partial charge < -0.3 is 15.0 Å². The highest BCUT2D eigenvalue weighted by Gasteiger charge is 2.10. The minimum atomic E-state index is 0.833. The number of hydrogen-bond acceptors (Lipinski definition) is 4. The summed E-state index contributed by atoms with van der Waals surface area (Å²) < 4.78 is 6.55. The molecular weight excluding hydrogens is 348 g/mol. The van der Waals surface area contributed by atoms with Crippen LogP contribution in [0.15, 0.2) is 40.2 Å². The average molecular weight is 367 g/mol. The van der Waals surface area contributed by atoms with Crippen LogP contribution in [0.3, 0.4) is 0 Å². The summed E-state index contributed by atoms with van der Waals surface area (Å²) >= 11 is 5.26. The number of rotatable bonds is 5. The van der Waals surface area contributed by atoms with E-state index in [1.165, 1.54) is 20.6 Å². The highest BCUT2D eigenvalue weighted by atomic mass is 79.9. The Hall–Kier alpha value is -0.880. The molecule has 5 heteroatoms. The van der Waals surface area contributed by atoms with Crippen molar-refractivity contribution in [1.29, 1.82) is 0 Å². The second kappa shape index (κ2) is 7.40. The van der Waals surface area contributed by atoms with Gasteiger partial charge in [-0.1, -0.05) is 12.1 Å². The number of hydrogen-bond donors (Lipinski definition) is 1. The van der Waals surface area contributed by atoms with Gasteiger partial charge in [-0.25, -0.2) is 0 Å². The van der Waals surface area contributed by atoms with Crippen molar-refractivity contribution in [3.63, 3.8) is 0 Å². The molecule has 0 amide bonds. The normalized spacial score (nSPS) is 15.4. The SMILES string of the molecule is Brc1csc(CNCc2ccc(N3CCOCC3)cc2)c1. The van der Waals surface area contributed by atoms with Crippen LogP contribution in [0.1, 0.15) is 10.4 Å². The lowest BCUT2D eigenvalue weighted by Crippen LogP contribution is -2.36. The van der Waals surface area contributed by atoms with Crippen molar-refractivity contribution in [2.45, 2.75) is 13.1 Å². The van der Waals surface area contributed by atoms with E-state index in [0.29, 0.717) is 0 Å². The molecule has 1 fully saturated rings. The number of nitrogens with one attached hydrogen (secondary N) is 1. The van der Waals surface area contributed by atoms with Gasteiger partial charge in [0.15, 0.2) is 0 Å². The van der Waals surface area contributed by atoms with Gasteiger partial charge in [-0.15, -0.1) is 11.3 Å². The van der Waals surface area contributed by atoms with Crippen LogP contribution in [0.4, 0.5) is 5.69 Å². The van der Waals surface area contributed by atoms with Gasteiger partial charge in [0.05, 0.1) is 13.2 Å². The fraction of sp³-hybridized carbons (Fsp3) is 0.375. The molecule has 3 nitrogen and oxygen atoms in total. The summed E-state index contributed by atoms with van der Waals surface area (Å²) in [4.78, 5) is 3.73. The van der Waals surface area contributed by atoms with Crippen molar-refractivity contribution in [2.24, 2.45) is 0 Å². The molecule has 1 aliphatic rings. The number of benzene rings is 1. The number of thiophene rings is 1. The van der Waals surface area contributed by atoms with E-state index in [1.807, 2.05) is 0 Å². The van der Waals surface area contributed by atoms with Crippen LogP contribution in [0, 0.1) is 0 Å². The molecule has 1 aliphatic heterocycles. The fourth-order valence-electron chi connectivity index (χ4n) is 2.42. The lowest BCUT2D eigenvalue weighted by Gasteiger charge is -2.28. The zero-order valence-electron chi connectivity index (χ0n) is 11.8. The summed E-state index contributed by atoms with van der Waals surface area (Å²) in [7, 11) is 0. The van der Waals surface area contributed by atoms with Crippen molar-refractivity contribution in [3.8, 4) is 0 Å². The molecule has 1 saturated heterocycles. The van der Waals surface area contributed by atoms with Gasteiger partial charge in [-0.3, -0.25) is 0 Å².